The third-order valence-electron chi connectivity index (χ3n) is 7.76. The van der Waals surface area contributed by atoms with Crippen molar-refractivity contribution in [2.75, 3.05) is 23.9 Å². The van der Waals surface area contributed by atoms with Gasteiger partial charge < -0.3 is 4.74 Å². The molecule has 2 aliphatic rings. The Morgan fingerprint density at radius 3 is 2.35 bits per heavy atom. The van der Waals surface area contributed by atoms with E-state index in [4.69, 9.17) is 4.74 Å². The van der Waals surface area contributed by atoms with Crippen molar-refractivity contribution in [3.05, 3.63) is 114 Å². The van der Waals surface area contributed by atoms with Gasteiger partial charge in [0, 0.05) is 25.2 Å². The molecule has 0 unspecified atom stereocenters. The third-order valence-corrected chi connectivity index (χ3v) is 9.53. The highest BCUT2D eigenvalue weighted by Crippen LogP contribution is 2.42. The van der Waals surface area contributed by atoms with Crippen molar-refractivity contribution in [1.29, 1.82) is 0 Å². The summed E-state index contributed by atoms with van der Waals surface area (Å²) < 4.78 is 104. The third kappa shape index (κ3) is 6.09. The number of likely N-dealkylation sites (tertiary alicyclic amines) is 1. The van der Waals surface area contributed by atoms with Gasteiger partial charge >= 0.3 is 6.18 Å². The standard InChI is InChI=1S/C32H27F5N2O3S/c33-25-10-11-29(34)28(16-25)23-9-12-31-30(14-23)39(43(40,41)27-8-4-7-24(15-27)32(35,36)37)20-26(42-31)13-22-18-38(19-22)17-21-5-2-1-3-6-21/h1-12,14-16,22,26H,13,17-20H2/t26-/m0/s1. The summed E-state index contributed by atoms with van der Waals surface area (Å²) in [7, 11) is -4.51. The fourth-order valence-corrected chi connectivity index (χ4v) is 7.22. The Hall–Kier alpha value is -3.96. The van der Waals surface area contributed by atoms with Gasteiger partial charge in [-0.3, -0.25) is 9.21 Å². The van der Waals surface area contributed by atoms with Crippen LogP contribution in [0.15, 0.2) is 95.9 Å². The van der Waals surface area contributed by atoms with Crippen molar-refractivity contribution in [3.8, 4) is 16.9 Å². The zero-order valence-corrected chi connectivity index (χ0v) is 23.6. The predicted molar refractivity (Wildman–Crippen MR) is 152 cm³/mol. The van der Waals surface area contributed by atoms with Gasteiger partial charge in [-0.05, 0) is 72.0 Å². The number of nitrogens with zero attached hydrogens (tertiary/aromatic N) is 2. The lowest BCUT2D eigenvalue weighted by Gasteiger charge is -2.43. The first-order valence-corrected chi connectivity index (χ1v) is 15.1. The van der Waals surface area contributed by atoms with Gasteiger partial charge in [-0.25, -0.2) is 17.2 Å². The minimum Gasteiger partial charge on any atom is -0.486 e. The highest BCUT2D eigenvalue weighted by atomic mass is 32.2. The average Bonchev–Trinajstić information content (AvgIpc) is 2.97. The summed E-state index contributed by atoms with van der Waals surface area (Å²) in [6.45, 7) is 2.22. The molecule has 0 aromatic heterocycles. The number of ether oxygens (including phenoxy) is 1. The lowest BCUT2D eigenvalue weighted by atomic mass is 9.92. The van der Waals surface area contributed by atoms with Crippen molar-refractivity contribution >= 4 is 15.7 Å². The first-order valence-electron chi connectivity index (χ1n) is 13.7. The van der Waals surface area contributed by atoms with E-state index >= 15 is 0 Å². The maximum atomic E-state index is 14.6. The van der Waals surface area contributed by atoms with Gasteiger partial charge in [0.1, 0.15) is 23.5 Å². The molecule has 4 aromatic carbocycles. The second-order valence-electron chi connectivity index (χ2n) is 10.9. The quantitative estimate of drug-likeness (QED) is 0.208. The first kappa shape index (κ1) is 29.1. The first-order chi connectivity index (χ1) is 20.5. The summed E-state index contributed by atoms with van der Waals surface area (Å²) in [4.78, 5) is 1.74. The van der Waals surface area contributed by atoms with Crippen molar-refractivity contribution in [2.45, 2.75) is 30.1 Å². The van der Waals surface area contributed by atoms with Crippen LogP contribution in [0.5, 0.6) is 5.75 Å². The normalized spacial score (nSPS) is 17.7. The van der Waals surface area contributed by atoms with Crippen LogP contribution < -0.4 is 9.04 Å². The van der Waals surface area contributed by atoms with Gasteiger partial charge in [0.2, 0.25) is 0 Å². The van der Waals surface area contributed by atoms with Gasteiger partial charge in [-0.15, -0.1) is 0 Å². The Kier molecular flexibility index (Phi) is 7.64. The molecule has 0 spiro atoms. The Balaban J connectivity index is 1.31. The van der Waals surface area contributed by atoms with Crippen LogP contribution in [0.25, 0.3) is 11.1 Å². The molecule has 1 saturated heterocycles. The number of fused-ring (bicyclic) bond motifs is 1. The summed E-state index contributed by atoms with van der Waals surface area (Å²) in [5.41, 5.74) is 0.232. The number of hydrogen-bond acceptors (Lipinski definition) is 4. The zero-order valence-electron chi connectivity index (χ0n) is 22.8. The van der Waals surface area contributed by atoms with Crippen molar-refractivity contribution in [2.24, 2.45) is 5.92 Å². The molecule has 6 rings (SSSR count). The molecule has 0 radical (unpaired) electrons. The Labute approximate surface area is 246 Å². The number of anilines is 1. The van der Waals surface area contributed by atoms with Gasteiger partial charge in [-0.2, -0.15) is 13.2 Å². The molecule has 43 heavy (non-hydrogen) atoms. The molecule has 2 aliphatic heterocycles. The van der Waals surface area contributed by atoms with E-state index in [2.05, 4.69) is 17.0 Å². The Bertz CT molecular complexity index is 1740. The summed E-state index contributed by atoms with van der Waals surface area (Å²) in [6, 6.07) is 20.8. The lowest BCUT2D eigenvalue weighted by Crippen LogP contribution is -2.50. The maximum Gasteiger partial charge on any atom is 0.416 e. The maximum absolute atomic E-state index is 14.6. The molecule has 0 aliphatic carbocycles. The van der Waals surface area contributed by atoms with Gasteiger partial charge in [-0.1, -0.05) is 42.5 Å². The molecule has 224 valence electrons. The van der Waals surface area contributed by atoms with E-state index in [0.717, 1.165) is 60.3 Å². The largest absolute Gasteiger partial charge is 0.486 e. The van der Waals surface area contributed by atoms with Gasteiger partial charge in [0.05, 0.1) is 22.7 Å². The molecule has 0 saturated carbocycles. The van der Waals surface area contributed by atoms with E-state index in [9.17, 15) is 30.4 Å². The molecule has 1 atom stereocenters. The van der Waals surface area contributed by atoms with Crippen LogP contribution in [0.3, 0.4) is 0 Å². The molecule has 5 nitrogen and oxygen atoms in total. The SMILES string of the molecule is O=S(=O)(c1cccc(C(F)(F)F)c1)N1C[C@H](CC2CN(Cc3ccccc3)C2)Oc2ccc(-c3cc(F)ccc3F)cc21. The van der Waals surface area contributed by atoms with Crippen molar-refractivity contribution < 1.29 is 35.1 Å². The predicted octanol–water partition coefficient (Wildman–Crippen LogP) is 7.13. The van der Waals surface area contributed by atoms with Crippen LogP contribution in [0, 0.1) is 17.6 Å². The van der Waals surface area contributed by atoms with Crippen molar-refractivity contribution in [3.63, 3.8) is 0 Å². The van der Waals surface area contributed by atoms with Crippen LogP contribution >= 0.6 is 0 Å². The second kappa shape index (κ2) is 11.3. The number of hydrogen-bond donors (Lipinski definition) is 0. The Morgan fingerprint density at radius 2 is 1.60 bits per heavy atom. The number of sulfonamides is 1. The fourth-order valence-electron chi connectivity index (χ4n) is 5.68. The molecule has 2 heterocycles. The molecular formula is C32H27F5N2O3S. The number of halogens is 5. The van der Waals surface area contributed by atoms with Gasteiger partial charge in [0.25, 0.3) is 10.0 Å². The van der Waals surface area contributed by atoms with Crippen LogP contribution in [-0.2, 0) is 22.7 Å². The molecule has 0 N–H and O–H groups in total. The van der Waals surface area contributed by atoms with E-state index in [1.54, 1.807) is 0 Å². The highest BCUT2D eigenvalue weighted by Gasteiger charge is 2.39. The smallest absolute Gasteiger partial charge is 0.416 e. The zero-order chi connectivity index (χ0) is 30.4. The van der Waals surface area contributed by atoms with Crippen LogP contribution in [0.2, 0.25) is 0 Å². The van der Waals surface area contributed by atoms with Crippen LogP contribution in [0.4, 0.5) is 27.6 Å². The molecule has 0 bridgehead atoms. The molecule has 11 heteroatoms. The number of alkyl halides is 3. The van der Waals surface area contributed by atoms with E-state index in [1.165, 1.54) is 23.8 Å². The summed E-state index contributed by atoms with van der Waals surface area (Å²) >= 11 is 0. The second-order valence-corrected chi connectivity index (χ2v) is 12.8. The minimum atomic E-state index is -4.74. The lowest BCUT2D eigenvalue weighted by molar-refractivity contribution is -0.137. The van der Waals surface area contributed by atoms with Crippen LogP contribution in [0.1, 0.15) is 17.5 Å². The monoisotopic (exact) mass is 614 g/mol. The molecule has 0 amide bonds. The average molecular weight is 615 g/mol. The topological polar surface area (TPSA) is 49.9 Å². The van der Waals surface area contributed by atoms with E-state index < -0.39 is 44.4 Å². The molecular weight excluding hydrogens is 587 g/mol. The molecule has 1 fully saturated rings. The van der Waals surface area contributed by atoms with Crippen molar-refractivity contribution in [1.82, 2.24) is 4.90 Å². The number of rotatable bonds is 7. The highest BCUT2D eigenvalue weighted by molar-refractivity contribution is 7.92. The molecule has 4 aromatic rings. The summed E-state index contributed by atoms with van der Waals surface area (Å²) in [6.07, 6.45) is -4.79. The van der Waals surface area contributed by atoms with E-state index in [1.807, 2.05) is 18.2 Å². The van der Waals surface area contributed by atoms with E-state index in [0.29, 0.717) is 12.5 Å². The van der Waals surface area contributed by atoms with Crippen LogP contribution in [-0.4, -0.2) is 39.1 Å². The minimum absolute atomic E-state index is 0.0362. The van der Waals surface area contributed by atoms with E-state index in [-0.39, 0.29) is 35.0 Å². The van der Waals surface area contributed by atoms with Gasteiger partial charge in [0.15, 0.2) is 0 Å². The Morgan fingerprint density at radius 1 is 0.837 bits per heavy atom. The number of benzene rings is 4. The fraction of sp³-hybridized carbons (Fsp3) is 0.250. The summed E-state index contributed by atoms with van der Waals surface area (Å²) in [5, 5.41) is 0. The summed E-state index contributed by atoms with van der Waals surface area (Å²) in [5.74, 6) is -0.976.